The van der Waals surface area contributed by atoms with Crippen LogP contribution < -0.4 is 14.8 Å². The number of nitrogens with one attached hydrogen (secondary N) is 1. The molecule has 0 spiro atoms. The Morgan fingerprint density at radius 3 is 2.12 bits per heavy atom. The monoisotopic (exact) mass is 353 g/mol. The van der Waals surface area contributed by atoms with Crippen molar-refractivity contribution >= 4 is 12.4 Å². The molecule has 25 heavy (non-hydrogen) atoms. The maximum absolute atomic E-state index is 5.41. The van der Waals surface area contributed by atoms with Crippen molar-refractivity contribution < 1.29 is 9.47 Å². The Balaban J connectivity index is 0.00000182. The third-order valence-electron chi connectivity index (χ3n) is 4.16. The molecule has 0 aliphatic carbocycles. The van der Waals surface area contributed by atoms with E-state index in [4.69, 9.17) is 9.47 Å². The fourth-order valence-corrected chi connectivity index (χ4v) is 2.85. The number of hydrogen-bond acceptors (Lipinski definition) is 3. The first kappa shape index (κ1) is 17.3. The predicted octanol–water partition coefficient (Wildman–Crippen LogP) is 4.79. The van der Waals surface area contributed by atoms with Gasteiger partial charge in [0.2, 0.25) is 6.79 Å². The molecule has 1 N–H and O–H groups in total. The van der Waals surface area contributed by atoms with E-state index in [1.165, 1.54) is 22.3 Å². The van der Waals surface area contributed by atoms with Crippen LogP contribution in [0.2, 0.25) is 0 Å². The summed E-state index contributed by atoms with van der Waals surface area (Å²) in [5, 5.41) is 3.47. The number of rotatable bonds is 5. The first-order chi connectivity index (χ1) is 11.9. The van der Waals surface area contributed by atoms with E-state index in [1.54, 1.807) is 0 Å². The number of fused-ring (bicyclic) bond motifs is 1. The largest absolute Gasteiger partial charge is 0.454 e. The molecular formula is C21H20ClNO2. The van der Waals surface area contributed by atoms with Crippen LogP contribution in [0.1, 0.15) is 11.1 Å². The van der Waals surface area contributed by atoms with E-state index in [0.29, 0.717) is 6.79 Å². The first-order valence-corrected chi connectivity index (χ1v) is 8.12. The average Bonchev–Trinajstić information content (AvgIpc) is 3.11. The quantitative estimate of drug-likeness (QED) is 0.715. The van der Waals surface area contributed by atoms with Crippen LogP contribution in [0.5, 0.6) is 11.5 Å². The molecule has 0 atom stereocenters. The molecule has 0 bridgehead atoms. The summed E-state index contributed by atoms with van der Waals surface area (Å²) in [7, 11) is 0. The van der Waals surface area contributed by atoms with Gasteiger partial charge in [0.15, 0.2) is 11.5 Å². The Morgan fingerprint density at radius 2 is 1.32 bits per heavy atom. The Labute approximate surface area is 154 Å². The van der Waals surface area contributed by atoms with Gasteiger partial charge in [0.05, 0.1) is 0 Å². The van der Waals surface area contributed by atoms with Crippen molar-refractivity contribution in [2.75, 3.05) is 6.79 Å². The Hall–Kier alpha value is -2.49. The molecule has 0 saturated carbocycles. The van der Waals surface area contributed by atoms with Crippen molar-refractivity contribution in [3.05, 3.63) is 83.9 Å². The van der Waals surface area contributed by atoms with Gasteiger partial charge in [0, 0.05) is 13.1 Å². The Kier molecular flexibility index (Phi) is 5.59. The van der Waals surface area contributed by atoms with Crippen LogP contribution >= 0.6 is 12.4 Å². The molecule has 1 aliphatic heterocycles. The van der Waals surface area contributed by atoms with Gasteiger partial charge in [0.1, 0.15) is 0 Å². The molecule has 0 amide bonds. The summed E-state index contributed by atoms with van der Waals surface area (Å²) in [6.07, 6.45) is 0. The van der Waals surface area contributed by atoms with Crippen molar-refractivity contribution in [3.63, 3.8) is 0 Å². The smallest absolute Gasteiger partial charge is 0.231 e. The maximum Gasteiger partial charge on any atom is 0.231 e. The molecule has 1 aliphatic rings. The second-order valence-electron chi connectivity index (χ2n) is 5.85. The molecule has 4 rings (SSSR count). The Morgan fingerprint density at radius 1 is 0.680 bits per heavy atom. The minimum absolute atomic E-state index is 0. The molecule has 1 heterocycles. The second-order valence-corrected chi connectivity index (χ2v) is 5.85. The lowest BCUT2D eigenvalue weighted by Gasteiger charge is -2.07. The summed E-state index contributed by atoms with van der Waals surface area (Å²) < 4.78 is 10.7. The van der Waals surface area contributed by atoms with Gasteiger partial charge in [-0.2, -0.15) is 0 Å². The normalized spacial score (nSPS) is 11.8. The van der Waals surface area contributed by atoms with E-state index in [2.05, 4.69) is 59.9 Å². The number of halogens is 1. The number of benzene rings is 3. The molecule has 3 nitrogen and oxygen atoms in total. The zero-order valence-electron chi connectivity index (χ0n) is 13.8. The van der Waals surface area contributed by atoms with Crippen LogP contribution in [0.25, 0.3) is 11.1 Å². The second kappa shape index (κ2) is 8.06. The molecule has 4 heteroatoms. The SMILES string of the molecule is Cl.c1ccc(-c2ccc(CNCc3ccc4c(c3)OCO4)cc2)cc1. The minimum Gasteiger partial charge on any atom is -0.454 e. The standard InChI is InChI=1S/C21H19NO2.ClH/c1-2-4-18(5-3-1)19-9-6-16(7-10-19)13-22-14-17-8-11-20-21(12-17)24-15-23-20;/h1-12,22H,13-15H2;1H. The molecule has 3 aromatic carbocycles. The van der Waals surface area contributed by atoms with Gasteiger partial charge in [-0.3, -0.25) is 0 Å². The van der Waals surface area contributed by atoms with Gasteiger partial charge in [-0.25, -0.2) is 0 Å². The van der Waals surface area contributed by atoms with Crippen molar-refractivity contribution in [2.24, 2.45) is 0 Å². The van der Waals surface area contributed by atoms with E-state index in [-0.39, 0.29) is 12.4 Å². The third-order valence-corrected chi connectivity index (χ3v) is 4.16. The highest BCUT2D eigenvalue weighted by atomic mass is 35.5. The lowest BCUT2D eigenvalue weighted by atomic mass is 10.0. The minimum atomic E-state index is 0. The molecule has 0 fully saturated rings. The summed E-state index contributed by atoms with van der Waals surface area (Å²) in [5.41, 5.74) is 4.96. The van der Waals surface area contributed by atoms with E-state index in [0.717, 1.165) is 24.6 Å². The summed E-state index contributed by atoms with van der Waals surface area (Å²) in [5.74, 6) is 1.66. The van der Waals surface area contributed by atoms with Gasteiger partial charge >= 0.3 is 0 Å². The highest BCUT2D eigenvalue weighted by molar-refractivity contribution is 5.85. The van der Waals surface area contributed by atoms with E-state index in [1.807, 2.05) is 18.2 Å². The summed E-state index contributed by atoms with van der Waals surface area (Å²) in [6, 6.07) is 25.2. The zero-order chi connectivity index (χ0) is 16.2. The van der Waals surface area contributed by atoms with Gasteiger partial charge in [-0.15, -0.1) is 12.4 Å². The predicted molar refractivity (Wildman–Crippen MR) is 102 cm³/mol. The van der Waals surface area contributed by atoms with Gasteiger partial charge in [-0.05, 0) is 34.4 Å². The van der Waals surface area contributed by atoms with E-state index in [9.17, 15) is 0 Å². The molecule has 3 aromatic rings. The van der Waals surface area contributed by atoms with Crippen LogP contribution in [-0.4, -0.2) is 6.79 Å². The summed E-state index contributed by atoms with van der Waals surface area (Å²) in [4.78, 5) is 0. The molecule has 0 saturated heterocycles. The molecular weight excluding hydrogens is 334 g/mol. The van der Waals surface area contributed by atoms with Crippen LogP contribution in [0.3, 0.4) is 0 Å². The van der Waals surface area contributed by atoms with E-state index >= 15 is 0 Å². The van der Waals surface area contributed by atoms with Crippen molar-refractivity contribution in [1.82, 2.24) is 5.32 Å². The van der Waals surface area contributed by atoms with Crippen molar-refractivity contribution in [3.8, 4) is 22.6 Å². The van der Waals surface area contributed by atoms with Gasteiger partial charge in [-0.1, -0.05) is 60.7 Å². The van der Waals surface area contributed by atoms with Crippen molar-refractivity contribution in [1.29, 1.82) is 0 Å². The summed E-state index contributed by atoms with van der Waals surface area (Å²) in [6.45, 7) is 1.96. The summed E-state index contributed by atoms with van der Waals surface area (Å²) >= 11 is 0. The molecule has 0 unspecified atom stereocenters. The lowest BCUT2D eigenvalue weighted by Crippen LogP contribution is -2.12. The van der Waals surface area contributed by atoms with Crippen LogP contribution in [-0.2, 0) is 13.1 Å². The van der Waals surface area contributed by atoms with E-state index < -0.39 is 0 Å². The molecule has 0 aromatic heterocycles. The third kappa shape index (κ3) is 4.13. The topological polar surface area (TPSA) is 30.5 Å². The van der Waals surface area contributed by atoms with Crippen LogP contribution in [0.15, 0.2) is 72.8 Å². The lowest BCUT2D eigenvalue weighted by molar-refractivity contribution is 0.174. The molecule has 0 radical (unpaired) electrons. The van der Waals surface area contributed by atoms with Gasteiger partial charge in [0.25, 0.3) is 0 Å². The fourth-order valence-electron chi connectivity index (χ4n) is 2.85. The molecule has 128 valence electrons. The van der Waals surface area contributed by atoms with Crippen LogP contribution in [0, 0.1) is 0 Å². The number of hydrogen-bond donors (Lipinski definition) is 1. The Bertz CT molecular complexity index is 819. The highest BCUT2D eigenvalue weighted by Crippen LogP contribution is 2.32. The maximum atomic E-state index is 5.41. The van der Waals surface area contributed by atoms with Crippen molar-refractivity contribution in [2.45, 2.75) is 13.1 Å². The van der Waals surface area contributed by atoms with Crippen LogP contribution in [0.4, 0.5) is 0 Å². The first-order valence-electron chi connectivity index (χ1n) is 8.12. The average molecular weight is 354 g/mol. The van der Waals surface area contributed by atoms with Gasteiger partial charge < -0.3 is 14.8 Å². The fraction of sp³-hybridized carbons (Fsp3) is 0.143. The highest BCUT2D eigenvalue weighted by Gasteiger charge is 2.12. The zero-order valence-corrected chi connectivity index (χ0v) is 14.6. The number of ether oxygens (including phenoxy) is 2.